The highest BCUT2D eigenvalue weighted by atomic mass is 16.1. The van der Waals surface area contributed by atoms with Gasteiger partial charge in [-0.05, 0) is 31.4 Å². The molecule has 0 fully saturated rings. The number of carbonyl (C=O) groups excluding carboxylic acids is 1. The summed E-state index contributed by atoms with van der Waals surface area (Å²) in [5.41, 5.74) is 3.31. The van der Waals surface area contributed by atoms with Crippen LogP contribution in [0, 0.1) is 13.8 Å². The first-order valence-corrected chi connectivity index (χ1v) is 12.8. The van der Waals surface area contributed by atoms with Crippen LogP contribution >= 0.6 is 0 Å². The van der Waals surface area contributed by atoms with Crippen molar-refractivity contribution in [2.75, 3.05) is 0 Å². The molecule has 1 heteroatoms. The molecular weight excluding hydrogens is 352 g/mol. The van der Waals surface area contributed by atoms with Crippen molar-refractivity contribution in [3.63, 3.8) is 0 Å². The zero-order valence-corrected chi connectivity index (χ0v) is 19.9. The van der Waals surface area contributed by atoms with Gasteiger partial charge in [-0.1, -0.05) is 128 Å². The maximum Gasteiger partial charge on any atom is 0.163 e. The molecule has 1 rings (SSSR count). The Morgan fingerprint density at radius 1 is 0.621 bits per heavy atom. The highest BCUT2D eigenvalue weighted by molar-refractivity contribution is 5.97. The predicted octanol–water partition coefficient (Wildman–Crippen LogP) is 9.53. The molecule has 0 amide bonds. The van der Waals surface area contributed by atoms with Crippen LogP contribution in [-0.2, 0) is 0 Å². The molecule has 0 aliphatic carbocycles. The van der Waals surface area contributed by atoms with Gasteiger partial charge in [-0.15, -0.1) is 0 Å². The number of rotatable bonds is 19. The van der Waals surface area contributed by atoms with Gasteiger partial charge in [0.15, 0.2) is 5.78 Å². The van der Waals surface area contributed by atoms with Crippen LogP contribution in [0.4, 0.5) is 0 Å². The van der Waals surface area contributed by atoms with Gasteiger partial charge in [-0.3, -0.25) is 4.79 Å². The second kappa shape index (κ2) is 17.7. The number of unbranched alkanes of at least 4 members (excludes halogenated alkanes) is 16. The van der Waals surface area contributed by atoms with Crippen molar-refractivity contribution in [2.45, 2.75) is 136 Å². The third-order valence-corrected chi connectivity index (χ3v) is 6.41. The van der Waals surface area contributed by atoms with Crippen LogP contribution < -0.4 is 0 Å². The van der Waals surface area contributed by atoms with Crippen molar-refractivity contribution in [3.05, 3.63) is 34.9 Å². The summed E-state index contributed by atoms with van der Waals surface area (Å²) >= 11 is 0. The second-order valence-electron chi connectivity index (χ2n) is 9.08. The summed E-state index contributed by atoms with van der Waals surface area (Å²) in [6, 6.07) is 6.07. The minimum atomic E-state index is 0.326. The van der Waals surface area contributed by atoms with Gasteiger partial charge in [0, 0.05) is 12.0 Å². The molecule has 166 valence electrons. The van der Waals surface area contributed by atoms with Crippen molar-refractivity contribution in [1.82, 2.24) is 0 Å². The molecule has 0 aromatic heterocycles. The Labute approximate surface area is 182 Å². The van der Waals surface area contributed by atoms with Gasteiger partial charge in [0.2, 0.25) is 0 Å². The van der Waals surface area contributed by atoms with Crippen LogP contribution in [0.15, 0.2) is 18.2 Å². The first kappa shape index (κ1) is 25.9. The molecule has 0 saturated carbocycles. The Balaban J connectivity index is 1.84. The molecule has 0 aliphatic rings. The van der Waals surface area contributed by atoms with E-state index in [4.69, 9.17) is 0 Å². The molecule has 0 unspecified atom stereocenters. The Morgan fingerprint density at radius 3 is 1.48 bits per heavy atom. The lowest BCUT2D eigenvalue weighted by Gasteiger charge is -2.07. The van der Waals surface area contributed by atoms with Gasteiger partial charge in [-0.2, -0.15) is 0 Å². The number of hydrogen-bond acceptors (Lipinski definition) is 1. The van der Waals surface area contributed by atoms with E-state index in [0.29, 0.717) is 12.2 Å². The largest absolute Gasteiger partial charge is 0.294 e. The van der Waals surface area contributed by atoms with Gasteiger partial charge >= 0.3 is 0 Å². The van der Waals surface area contributed by atoms with Gasteiger partial charge in [0.25, 0.3) is 0 Å². The molecule has 0 bridgehead atoms. The van der Waals surface area contributed by atoms with Gasteiger partial charge < -0.3 is 0 Å². The highest BCUT2D eigenvalue weighted by Crippen LogP contribution is 2.17. The standard InChI is InChI=1S/C28H48O/c1-4-5-6-7-8-9-10-11-12-13-14-15-16-17-18-19-20-24-28(29)27-23-21-22-25(2)26(27)3/h21-23H,4-20,24H2,1-3H3. The number of benzene rings is 1. The second-order valence-corrected chi connectivity index (χ2v) is 9.08. The van der Waals surface area contributed by atoms with E-state index >= 15 is 0 Å². The Bertz CT molecular complexity index is 531. The fourth-order valence-electron chi connectivity index (χ4n) is 4.20. The lowest BCUT2D eigenvalue weighted by atomic mass is 9.97. The molecule has 0 saturated heterocycles. The third-order valence-electron chi connectivity index (χ3n) is 6.41. The normalized spacial score (nSPS) is 11.1. The van der Waals surface area contributed by atoms with Crippen LogP contribution in [0.1, 0.15) is 144 Å². The molecule has 0 aliphatic heterocycles. The maximum absolute atomic E-state index is 12.4. The van der Waals surface area contributed by atoms with Crippen LogP contribution in [0.25, 0.3) is 0 Å². The van der Waals surface area contributed by atoms with E-state index < -0.39 is 0 Å². The van der Waals surface area contributed by atoms with Gasteiger partial charge in [0.1, 0.15) is 0 Å². The van der Waals surface area contributed by atoms with E-state index in [0.717, 1.165) is 17.5 Å². The van der Waals surface area contributed by atoms with Gasteiger partial charge in [0.05, 0.1) is 0 Å². The van der Waals surface area contributed by atoms with Crippen LogP contribution in [-0.4, -0.2) is 5.78 Å². The average molecular weight is 401 g/mol. The topological polar surface area (TPSA) is 17.1 Å². The van der Waals surface area contributed by atoms with Crippen molar-refractivity contribution >= 4 is 5.78 Å². The number of Topliss-reactive ketones (excluding diaryl/α,β-unsaturated/α-hetero) is 1. The molecular formula is C28H48O. The van der Waals surface area contributed by atoms with Crippen molar-refractivity contribution in [1.29, 1.82) is 0 Å². The van der Waals surface area contributed by atoms with Crippen molar-refractivity contribution in [2.24, 2.45) is 0 Å². The van der Waals surface area contributed by atoms with E-state index in [1.165, 1.54) is 108 Å². The smallest absolute Gasteiger partial charge is 0.163 e. The fourth-order valence-corrected chi connectivity index (χ4v) is 4.20. The Morgan fingerprint density at radius 2 is 1.03 bits per heavy atom. The SMILES string of the molecule is CCCCCCCCCCCCCCCCCCCC(=O)c1cccc(C)c1C. The highest BCUT2D eigenvalue weighted by Gasteiger charge is 2.09. The molecule has 29 heavy (non-hydrogen) atoms. The Hall–Kier alpha value is -1.11. The average Bonchev–Trinajstić information content (AvgIpc) is 2.72. The Kier molecular flexibility index (Phi) is 15.8. The minimum Gasteiger partial charge on any atom is -0.294 e. The van der Waals surface area contributed by atoms with Crippen LogP contribution in [0.3, 0.4) is 0 Å². The lowest BCUT2D eigenvalue weighted by molar-refractivity contribution is 0.0978. The zero-order chi connectivity index (χ0) is 21.2. The molecule has 0 N–H and O–H groups in total. The van der Waals surface area contributed by atoms with E-state index in [2.05, 4.69) is 26.8 Å². The summed E-state index contributed by atoms with van der Waals surface area (Å²) < 4.78 is 0. The number of ketones is 1. The molecule has 0 spiro atoms. The monoisotopic (exact) mass is 400 g/mol. The molecule has 0 radical (unpaired) electrons. The number of aryl methyl sites for hydroxylation is 1. The summed E-state index contributed by atoms with van der Waals surface area (Å²) in [5, 5.41) is 0. The summed E-state index contributed by atoms with van der Waals surface area (Å²) in [5.74, 6) is 0.326. The summed E-state index contributed by atoms with van der Waals surface area (Å²) in [4.78, 5) is 12.4. The lowest BCUT2D eigenvalue weighted by Crippen LogP contribution is -2.02. The maximum atomic E-state index is 12.4. The molecule has 1 aromatic rings. The molecule has 0 atom stereocenters. The summed E-state index contributed by atoms with van der Waals surface area (Å²) in [6.07, 6.45) is 24.1. The van der Waals surface area contributed by atoms with Crippen LogP contribution in [0.2, 0.25) is 0 Å². The minimum absolute atomic E-state index is 0.326. The van der Waals surface area contributed by atoms with Crippen molar-refractivity contribution < 1.29 is 4.79 Å². The van der Waals surface area contributed by atoms with Gasteiger partial charge in [-0.25, -0.2) is 0 Å². The van der Waals surface area contributed by atoms with Crippen LogP contribution in [0.5, 0.6) is 0 Å². The van der Waals surface area contributed by atoms with Crippen molar-refractivity contribution in [3.8, 4) is 0 Å². The summed E-state index contributed by atoms with van der Waals surface area (Å²) in [7, 11) is 0. The molecule has 1 aromatic carbocycles. The van der Waals surface area contributed by atoms with E-state index in [1.807, 2.05) is 12.1 Å². The van der Waals surface area contributed by atoms with E-state index in [1.54, 1.807) is 0 Å². The van der Waals surface area contributed by atoms with E-state index in [9.17, 15) is 4.79 Å². The first-order valence-electron chi connectivity index (χ1n) is 12.8. The molecule has 1 nitrogen and oxygen atoms in total. The third kappa shape index (κ3) is 12.9. The molecule has 0 heterocycles. The zero-order valence-electron chi connectivity index (χ0n) is 19.9. The number of hydrogen-bond donors (Lipinski definition) is 0. The number of carbonyl (C=O) groups is 1. The fraction of sp³-hybridized carbons (Fsp3) is 0.750. The summed E-state index contributed by atoms with van der Waals surface area (Å²) in [6.45, 7) is 6.44. The predicted molar refractivity (Wildman–Crippen MR) is 129 cm³/mol. The van der Waals surface area contributed by atoms with E-state index in [-0.39, 0.29) is 0 Å². The first-order chi connectivity index (χ1) is 14.2. The quantitative estimate of drug-likeness (QED) is 0.167.